The molecule has 0 spiro atoms. The highest BCUT2D eigenvalue weighted by Gasteiger charge is 2.35. The summed E-state index contributed by atoms with van der Waals surface area (Å²) in [6, 6.07) is 14.8. The molecular weight excluding hydrogens is 366 g/mol. The van der Waals surface area contributed by atoms with Crippen LogP contribution in [0.1, 0.15) is 17.4 Å². The number of methoxy groups -OCH3 is 1. The van der Waals surface area contributed by atoms with Gasteiger partial charge in [0.2, 0.25) is 17.6 Å². The number of hydrogen-bond acceptors (Lipinski definition) is 5. The van der Waals surface area contributed by atoms with Crippen LogP contribution in [0.15, 0.2) is 53.1 Å². The van der Waals surface area contributed by atoms with Gasteiger partial charge < -0.3 is 14.2 Å². The van der Waals surface area contributed by atoms with Crippen LogP contribution in [0.4, 0.5) is 0 Å². The van der Waals surface area contributed by atoms with E-state index in [-0.39, 0.29) is 11.8 Å². The molecule has 1 aliphatic rings. The third-order valence-corrected chi connectivity index (χ3v) is 4.86. The minimum atomic E-state index is 0.0743. The Morgan fingerprint density at radius 2 is 2.04 bits per heavy atom. The number of carbonyl (C=O) groups is 1. The number of nitrogens with zero attached hydrogens (tertiary/aromatic N) is 3. The van der Waals surface area contributed by atoms with Crippen molar-refractivity contribution >= 4 is 17.5 Å². The summed E-state index contributed by atoms with van der Waals surface area (Å²) in [5.74, 6) is 2.01. The van der Waals surface area contributed by atoms with E-state index in [1.54, 1.807) is 24.1 Å². The Morgan fingerprint density at radius 1 is 1.26 bits per heavy atom. The fourth-order valence-corrected chi connectivity index (χ4v) is 3.20. The zero-order valence-electron chi connectivity index (χ0n) is 14.8. The maximum absolute atomic E-state index is 12.4. The van der Waals surface area contributed by atoms with Gasteiger partial charge in [-0.05, 0) is 29.8 Å². The second kappa shape index (κ2) is 7.40. The molecule has 0 atom stereocenters. The van der Waals surface area contributed by atoms with E-state index in [1.807, 2.05) is 36.4 Å². The number of ether oxygens (including phenoxy) is 1. The fourth-order valence-electron chi connectivity index (χ4n) is 3.01. The van der Waals surface area contributed by atoms with Crippen molar-refractivity contribution in [1.29, 1.82) is 0 Å². The summed E-state index contributed by atoms with van der Waals surface area (Å²) < 4.78 is 10.5. The minimum Gasteiger partial charge on any atom is -0.497 e. The van der Waals surface area contributed by atoms with Crippen molar-refractivity contribution < 1.29 is 14.1 Å². The molecule has 0 aliphatic carbocycles. The van der Waals surface area contributed by atoms with Crippen LogP contribution >= 0.6 is 11.6 Å². The predicted octanol–water partition coefficient (Wildman–Crippen LogP) is 3.57. The largest absolute Gasteiger partial charge is 0.497 e. The van der Waals surface area contributed by atoms with Crippen LogP contribution in [-0.4, -0.2) is 41.1 Å². The van der Waals surface area contributed by atoms with Gasteiger partial charge in [-0.3, -0.25) is 4.79 Å². The zero-order valence-corrected chi connectivity index (χ0v) is 15.5. The number of benzene rings is 2. The summed E-state index contributed by atoms with van der Waals surface area (Å²) in [7, 11) is 1.62. The summed E-state index contributed by atoms with van der Waals surface area (Å²) in [6.07, 6.45) is 0.369. The molecule has 2 heterocycles. The first kappa shape index (κ1) is 17.5. The number of likely N-dealkylation sites (tertiary alicyclic amines) is 1. The molecule has 1 aromatic heterocycles. The van der Waals surface area contributed by atoms with Gasteiger partial charge >= 0.3 is 0 Å². The van der Waals surface area contributed by atoms with E-state index in [9.17, 15) is 4.79 Å². The average Bonchev–Trinajstić information content (AvgIpc) is 3.11. The topological polar surface area (TPSA) is 68.5 Å². The molecule has 0 saturated carbocycles. The predicted molar refractivity (Wildman–Crippen MR) is 101 cm³/mol. The number of rotatable bonds is 5. The average molecular weight is 384 g/mol. The third kappa shape index (κ3) is 3.80. The Bertz CT molecular complexity index is 949. The number of aromatic nitrogens is 2. The van der Waals surface area contributed by atoms with E-state index in [1.165, 1.54) is 0 Å². The van der Waals surface area contributed by atoms with Crippen LogP contribution in [0.25, 0.3) is 11.4 Å². The van der Waals surface area contributed by atoms with Gasteiger partial charge in [-0.1, -0.05) is 41.0 Å². The van der Waals surface area contributed by atoms with Crippen molar-refractivity contribution in [3.8, 4) is 17.1 Å². The zero-order chi connectivity index (χ0) is 18.8. The van der Waals surface area contributed by atoms with Crippen molar-refractivity contribution in [1.82, 2.24) is 15.0 Å². The van der Waals surface area contributed by atoms with Crippen molar-refractivity contribution in [2.75, 3.05) is 20.2 Å². The molecule has 3 aromatic rings. The molecule has 1 saturated heterocycles. The van der Waals surface area contributed by atoms with E-state index in [0.717, 1.165) is 16.9 Å². The monoisotopic (exact) mass is 383 g/mol. The lowest BCUT2D eigenvalue weighted by molar-refractivity contribution is -0.135. The van der Waals surface area contributed by atoms with Gasteiger partial charge in [-0.25, -0.2) is 0 Å². The van der Waals surface area contributed by atoms with Crippen molar-refractivity contribution in [3.63, 3.8) is 0 Å². The van der Waals surface area contributed by atoms with Gasteiger partial charge in [-0.15, -0.1) is 0 Å². The van der Waals surface area contributed by atoms with Gasteiger partial charge in [0.1, 0.15) is 5.75 Å². The molecular formula is C20H18ClN3O3. The highest BCUT2D eigenvalue weighted by Crippen LogP contribution is 2.29. The minimum absolute atomic E-state index is 0.0743. The molecule has 1 amide bonds. The Kier molecular flexibility index (Phi) is 4.81. The standard InChI is InChI=1S/C20H18ClN3O3/c1-26-17-7-5-13(6-8-17)9-18(25)24-11-15(12-24)20-22-19(23-27-20)14-3-2-4-16(21)10-14/h2-8,10,15H,9,11-12H2,1H3. The Morgan fingerprint density at radius 3 is 2.74 bits per heavy atom. The molecule has 138 valence electrons. The number of carbonyl (C=O) groups excluding carboxylic acids is 1. The van der Waals surface area contributed by atoms with E-state index in [2.05, 4.69) is 10.1 Å². The van der Waals surface area contributed by atoms with E-state index < -0.39 is 0 Å². The Hall–Kier alpha value is -2.86. The van der Waals surface area contributed by atoms with Crippen molar-refractivity contribution in [3.05, 3.63) is 65.0 Å². The molecule has 1 aliphatic heterocycles. The van der Waals surface area contributed by atoms with Gasteiger partial charge in [-0.2, -0.15) is 4.98 Å². The molecule has 7 heteroatoms. The summed E-state index contributed by atoms with van der Waals surface area (Å²) >= 11 is 6.00. The number of amides is 1. The van der Waals surface area contributed by atoms with Gasteiger partial charge in [0.25, 0.3) is 0 Å². The molecule has 4 rings (SSSR count). The van der Waals surface area contributed by atoms with Crippen molar-refractivity contribution in [2.24, 2.45) is 0 Å². The maximum Gasteiger partial charge on any atom is 0.233 e. The van der Waals surface area contributed by atoms with E-state index in [0.29, 0.717) is 36.2 Å². The maximum atomic E-state index is 12.4. The number of halogens is 1. The second-order valence-electron chi connectivity index (χ2n) is 6.49. The van der Waals surface area contributed by atoms with Gasteiger partial charge in [0, 0.05) is 23.7 Å². The molecule has 0 bridgehead atoms. The first-order chi connectivity index (χ1) is 13.1. The lowest BCUT2D eigenvalue weighted by Crippen LogP contribution is -2.49. The van der Waals surface area contributed by atoms with Crippen LogP contribution in [0.3, 0.4) is 0 Å². The molecule has 27 heavy (non-hydrogen) atoms. The van der Waals surface area contributed by atoms with E-state index >= 15 is 0 Å². The molecule has 0 N–H and O–H groups in total. The molecule has 2 aromatic carbocycles. The summed E-state index contributed by atoms with van der Waals surface area (Å²) in [5, 5.41) is 4.65. The molecule has 0 unspecified atom stereocenters. The van der Waals surface area contributed by atoms with Crippen LogP contribution in [-0.2, 0) is 11.2 Å². The van der Waals surface area contributed by atoms with E-state index in [4.69, 9.17) is 20.9 Å². The second-order valence-corrected chi connectivity index (χ2v) is 6.92. The Labute approximate surface area is 161 Å². The molecule has 1 fully saturated rings. The lowest BCUT2D eigenvalue weighted by atomic mass is 9.98. The van der Waals surface area contributed by atoms with Crippen LogP contribution in [0.5, 0.6) is 5.75 Å². The first-order valence-corrected chi connectivity index (χ1v) is 9.00. The quantitative estimate of drug-likeness (QED) is 0.673. The summed E-state index contributed by atoms with van der Waals surface area (Å²) in [6.45, 7) is 1.18. The van der Waals surface area contributed by atoms with Crippen LogP contribution < -0.4 is 4.74 Å². The van der Waals surface area contributed by atoms with Gasteiger partial charge in [0.15, 0.2) is 0 Å². The fraction of sp³-hybridized carbons (Fsp3) is 0.250. The number of hydrogen-bond donors (Lipinski definition) is 0. The first-order valence-electron chi connectivity index (χ1n) is 8.62. The SMILES string of the molecule is COc1ccc(CC(=O)N2CC(c3nc(-c4cccc(Cl)c4)no3)C2)cc1. The van der Waals surface area contributed by atoms with Crippen LogP contribution in [0.2, 0.25) is 5.02 Å². The van der Waals surface area contributed by atoms with Crippen LogP contribution in [0, 0.1) is 0 Å². The lowest BCUT2D eigenvalue weighted by Gasteiger charge is -2.37. The molecule has 6 nitrogen and oxygen atoms in total. The van der Waals surface area contributed by atoms with Crippen molar-refractivity contribution in [2.45, 2.75) is 12.3 Å². The highest BCUT2D eigenvalue weighted by molar-refractivity contribution is 6.30. The summed E-state index contributed by atoms with van der Waals surface area (Å²) in [5.41, 5.74) is 1.77. The normalized spacial score (nSPS) is 14.1. The smallest absolute Gasteiger partial charge is 0.233 e. The molecule has 0 radical (unpaired) electrons. The highest BCUT2D eigenvalue weighted by atomic mass is 35.5. The summed E-state index contributed by atoms with van der Waals surface area (Å²) in [4.78, 5) is 18.7. The Balaban J connectivity index is 1.34. The third-order valence-electron chi connectivity index (χ3n) is 4.62. The van der Waals surface area contributed by atoms with Gasteiger partial charge in [0.05, 0.1) is 19.4 Å².